The van der Waals surface area contributed by atoms with Gasteiger partial charge in [-0.3, -0.25) is 43.3 Å². The number of aromatic amines is 1. The van der Waals surface area contributed by atoms with E-state index in [0.717, 1.165) is 16.5 Å². The molecule has 0 saturated carbocycles. The number of benzene rings is 4. The van der Waals surface area contributed by atoms with Gasteiger partial charge in [0.1, 0.15) is 53.8 Å². The van der Waals surface area contributed by atoms with Crippen LogP contribution in [0.25, 0.3) is 10.9 Å². The summed E-state index contributed by atoms with van der Waals surface area (Å²) >= 11 is 6.03. The van der Waals surface area contributed by atoms with Gasteiger partial charge in [-0.15, -0.1) is 0 Å². The Bertz CT molecular complexity index is 3080. The Morgan fingerprint density at radius 3 is 1.79 bits per heavy atom. The van der Waals surface area contributed by atoms with Crippen molar-refractivity contribution in [2.75, 3.05) is 26.2 Å². The minimum atomic E-state index is -1.69. The predicted molar refractivity (Wildman–Crippen MR) is 317 cm³/mol. The number of rotatable bonds is 30. The van der Waals surface area contributed by atoms with Crippen molar-refractivity contribution in [1.82, 2.24) is 47.1 Å². The molecule has 1 saturated heterocycles. The number of nitrogens with one attached hydrogen (secondary N) is 8. The standard InChI is InChI=1S/C60H77ClN12O11/c1-4-64-58(83)51-12-8-28-73(51)59(84)45(11-7-27-65-60(62)63)68-53(78)46(29-35(2)3)69-56(81)49(32-39-33-66-44-10-6-5-9-43(39)44)71-55(80)48(31-38-17-24-42(76)25-18-38)70-57(82)50(34-74)72-54(79)47(30-37-15-22-41(75)23-16-37)67-52(77)26-19-36-13-20-40(61)21-14-36/h5-6,9-10,13-18,20-25,33,35,45-51,66,74-76H,4,7-8,11-12,19,26-32,34H2,1-3H3,(H,64,83)(H,67,77)(H,68,78)(H,69,81)(H,70,82)(H,71,80)(H,72,79)(H4,62,63,65)/t45-,46-,47+,48-,49+,50-,51+/m0/s1. The van der Waals surface area contributed by atoms with E-state index in [2.05, 4.69) is 47.2 Å². The topological polar surface area (TPSA) is 365 Å². The van der Waals surface area contributed by atoms with Crippen LogP contribution < -0.4 is 48.7 Å². The van der Waals surface area contributed by atoms with Crippen LogP contribution in [0.4, 0.5) is 0 Å². The van der Waals surface area contributed by atoms with Gasteiger partial charge in [-0.1, -0.05) is 80.0 Å². The highest BCUT2D eigenvalue weighted by atomic mass is 35.5. The molecular formula is C60H77ClN12O11. The average Bonchev–Trinajstić information content (AvgIpc) is 4.25. The van der Waals surface area contributed by atoms with E-state index in [4.69, 9.17) is 23.1 Å². The summed E-state index contributed by atoms with van der Waals surface area (Å²) in [6.45, 7) is 5.27. The van der Waals surface area contributed by atoms with E-state index < -0.39 is 90.3 Å². The summed E-state index contributed by atoms with van der Waals surface area (Å²) in [7, 11) is 0. The highest BCUT2D eigenvalue weighted by Gasteiger charge is 2.39. The number of hydrogen-bond donors (Lipinski definition) is 13. The average molecular weight is 1180 g/mol. The predicted octanol–water partition coefficient (Wildman–Crippen LogP) is 2.02. The molecule has 7 atom stereocenters. The lowest BCUT2D eigenvalue weighted by Gasteiger charge is -2.30. The second kappa shape index (κ2) is 31.7. The molecule has 1 aliphatic rings. The third-order valence-corrected chi connectivity index (χ3v) is 14.5. The number of aromatic hydroxyl groups is 2. The molecule has 2 heterocycles. The van der Waals surface area contributed by atoms with Gasteiger partial charge in [0, 0.05) is 67.4 Å². The normalized spacial score (nSPS) is 15.1. The van der Waals surface area contributed by atoms with Crippen LogP contribution >= 0.6 is 11.6 Å². The Morgan fingerprint density at radius 1 is 0.679 bits per heavy atom. The Hall–Kier alpha value is -8.70. The van der Waals surface area contributed by atoms with Gasteiger partial charge >= 0.3 is 0 Å². The van der Waals surface area contributed by atoms with Gasteiger partial charge in [0.2, 0.25) is 47.3 Å². The lowest BCUT2D eigenvalue weighted by molar-refractivity contribution is -0.142. The number of phenols is 2. The number of phenolic OH excluding ortho intramolecular Hbond substituents is 2. The maximum Gasteiger partial charge on any atom is 0.245 e. The van der Waals surface area contributed by atoms with Crippen LogP contribution in [0.2, 0.25) is 5.02 Å². The smallest absolute Gasteiger partial charge is 0.245 e. The van der Waals surface area contributed by atoms with Crippen molar-refractivity contribution in [3.8, 4) is 11.5 Å². The number of nitrogens with two attached hydrogens (primary N) is 2. The van der Waals surface area contributed by atoms with Gasteiger partial charge in [0.05, 0.1) is 6.61 Å². The van der Waals surface area contributed by atoms with E-state index in [1.807, 2.05) is 32.0 Å². The van der Waals surface area contributed by atoms with Gasteiger partial charge in [0.25, 0.3) is 0 Å². The molecule has 23 nitrogen and oxygen atoms in total. The van der Waals surface area contributed by atoms with Crippen LogP contribution in [0.3, 0.4) is 0 Å². The molecule has 4 aromatic carbocycles. The third kappa shape index (κ3) is 19.5. The number of likely N-dealkylation sites (N-methyl/N-ethyl adjacent to an activating group) is 1. The zero-order valence-electron chi connectivity index (χ0n) is 47.4. The molecule has 24 heteroatoms. The minimum Gasteiger partial charge on any atom is -0.508 e. The maximum atomic E-state index is 14.9. The molecule has 15 N–H and O–H groups in total. The zero-order valence-corrected chi connectivity index (χ0v) is 48.1. The first-order chi connectivity index (χ1) is 40.2. The molecular weight excluding hydrogens is 1100 g/mol. The fourth-order valence-corrected chi connectivity index (χ4v) is 10.00. The number of carbonyl (C=O) groups excluding carboxylic acids is 8. The summed E-state index contributed by atoms with van der Waals surface area (Å²) in [4.78, 5) is 122. The monoisotopic (exact) mass is 1180 g/mol. The largest absolute Gasteiger partial charge is 0.508 e. The van der Waals surface area contributed by atoms with E-state index in [1.54, 1.807) is 55.6 Å². The van der Waals surface area contributed by atoms with E-state index in [1.165, 1.54) is 41.3 Å². The summed E-state index contributed by atoms with van der Waals surface area (Å²) in [5, 5.41) is 51.1. The first kappa shape index (κ1) is 64.5. The quantitative estimate of drug-likeness (QED) is 0.0178. The van der Waals surface area contributed by atoms with E-state index in [9.17, 15) is 53.7 Å². The van der Waals surface area contributed by atoms with Crippen molar-refractivity contribution < 1.29 is 53.7 Å². The Morgan fingerprint density at radius 2 is 1.20 bits per heavy atom. The molecule has 1 aliphatic heterocycles. The number of fused-ring (bicyclic) bond motifs is 1. The second-order valence-electron chi connectivity index (χ2n) is 21.2. The van der Waals surface area contributed by atoms with Gasteiger partial charge < -0.3 is 73.9 Å². The van der Waals surface area contributed by atoms with Crippen LogP contribution in [0.15, 0.2) is 108 Å². The second-order valence-corrected chi connectivity index (χ2v) is 21.6. The van der Waals surface area contributed by atoms with Crippen LogP contribution in [0, 0.1) is 5.92 Å². The molecule has 5 aromatic rings. The number of aliphatic imine (C=N–C) groups is 1. The van der Waals surface area contributed by atoms with E-state index in [0.29, 0.717) is 47.5 Å². The third-order valence-electron chi connectivity index (χ3n) is 14.2. The first-order valence-corrected chi connectivity index (χ1v) is 28.5. The van der Waals surface area contributed by atoms with Crippen molar-refractivity contribution in [3.63, 3.8) is 0 Å². The van der Waals surface area contributed by atoms with Crippen LogP contribution in [0.1, 0.15) is 81.5 Å². The lowest BCUT2D eigenvalue weighted by atomic mass is 9.99. The van der Waals surface area contributed by atoms with Crippen molar-refractivity contribution in [1.29, 1.82) is 0 Å². The number of aromatic nitrogens is 1. The number of hydrogen-bond acceptors (Lipinski definition) is 12. The van der Waals surface area contributed by atoms with E-state index in [-0.39, 0.29) is 87.3 Å². The number of para-hydroxylation sites is 1. The number of likely N-dealkylation sites (tertiary alicyclic amines) is 1. The highest BCUT2D eigenvalue weighted by molar-refractivity contribution is 6.30. The fraction of sp³-hybridized carbons (Fsp3) is 0.417. The van der Waals surface area contributed by atoms with Crippen molar-refractivity contribution in [3.05, 3.63) is 131 Å². The summed E-state index contributed by atoms with van der Waals surface area (Å²) in [6, 6.07) is 16.8. The molecule has 8 amide bonds. The summed E-state index contributed by atoms with van der Waals surface area (Å²) in [5.41, 5.74) is 14.3. The number of aliphatic hydroxyl groups is 1. The molecule has 1 fully saturated rings. The molecule has 0 spiro atoms. The maximum absolute atomic E-state index is 14.9. The lowest BCUT2D eigenvalue weighted by Crippen LogP contribution is -2.61. The zero-order chi connectivity index (χ0) is 60.9. The van der Waals surface area contributed by atoms with Gasteiger partial charge in [0.15, 0.2) is 5.96 Å². The highest BCUT2D eigenvalue weighted by Crippen LogP contribution is 2.23. The van der Waals surface area contributed by atoms with Crippen LogP contribution in [-0.4, -0.2) is 147 Å². The van der Waals surface area contributed by atoms with Gasteiger partial charge in [-0.2, -0.15) is 0 Å². The van der Waals surface area contributed by atoms with Crippen LogP contribution in [-0.2, 0) is 64.0 Å². The van der Waals surface area contributed by atoms with Crippen molar-refractivity contribution in [2.24, 2.45) is 22.4 Å². The Balaban J connectivity index is 1.26. The Kier molecular flexibility index (Phi) is 24.3. The molecule has 1 aromatic heterocycles. The number of H-pyrrole nitrogens is 1. The SMILES string of the molecule is CCNC(=O)[C@H]1CCCN1C(=O)[C@H](CCCN=C(N)N)NC(=O)[C@H](CC(C)C)NC(=O)[C@@H](Cc1c[nH]c2ccccc12)NC(=O)[C@H](Cc1ccc(O)cc1)NC(=O)[C@H](CO)NC(=O)[C@@H](Cc1ccc(O)cc1)NC(=O)CCc1ccc(Cl)cc1. The molecule has 0 radical (unpaired) electrons. The number of halogens is 1. The number of guanidine groups is 1. The number of aryl methyl sites for hydroxylation is 1. The summed E-state index contributed by atoms with van der Waals surface area (Å²) in [5.74, 6) is -6.03. The van der Waals surface area contributed by atoms with Gasteiger partial charge in [-0.05, 0) is 116 Å². The summed E-state index contributed by atoms with van der Waals surface area (Å²) in [6.07, 6.45) is 2.96. The number of carbonyl (C=O) groups is 8. The molecule has 84 heavy (non-hydrogen) atoms. The summed E-state index contributed by atoms with van der Waals surface area (Å²) < 4.78 is 0. The Labute approximate surface area is 492 Å². The molecule has 450 valence electrons. The van der Waals surface area contributed by atoms with Crippen LogP contribution in [0.5, 0.6) is 11.5 Å². The number of aliphatic hydroxyl groups excluding tert-OH is 1. The molecule has 6 rings (SSSR count). The van der Waals surface area contributed by atoms with E-state index >= 15 is 0 Å². The number of amides is 8. The van der Waals surface area contributed by atoms with Crippen molar-refractivity contribution in [2.45, 2.75) is 127 Å². The molecule has 0 aliphatic carbocycles. The van der Waals surface area contributed by atoms with Gasteiger partial charge in [-0.25, -0.2) is 0 Å². The van der Waals surface area contributed by atoms with Crippen molar-refractivity contribution >= 4 is 75.7 Å². The minimum absolute atomic E-state index is 0.0190. The number of nitrogens with zero attached hydrogens (tertiary/aromatic N) is 2. The first-order valence-electron chi connectivity index (χ1n) is 28.1. The molecule has 0 unspecified atom stereocenters. The fourth-order valence-electron chi connectivity index (χ4n) is 9.87. The molecule has 0 bridgehead atoms.